The SMILES string of the molecule is CCCCCCCCCCCCCCCC(=O)NC(O)(CCC(=O)N[C@@H](CCCCNC(=O)CNCCN(CCN(CCNCC(=O)O)CC(=O)O)CC(=O)O)C(=O)NCCCCOc1cccc([C@@H](C(=O)N[C@H](CCCN=C(N)NC(=O)NCCNC(=O)CC)C(=O)NCc2ccc(O)cc2)c2ccccc2)c1)C(=O)O. The average molecular weight is 1570 g/mol. The number of ether oxygens (including phenoxy) is 1. The molecule has 0 spiro atoms. The number of carbonyl (C=O) groups excluding carboxylic acids is 8. The van der Waals surface area contributed by atoms with E-state index in [0.717, 1.165) is 32.1 Å². The van der Waals surface area contributed by atoms with E-state index < -0.39 is 102 Å². The minimum absolute atomic E-state index is 0.0242. The van der Waals surface area contributed by atoms with Crippen LogP contribution >= 0.6 is 0 Å². The van der Waals surface area contributed by atoms with Crippen molar-refractivity contribution >= 4 is 77.2 Å². The summed E-state index contributed by atoms with van der Waals surface area (Å²) in [4.78, 5) is 160. The number of benzene rings is 3. The van der Waals surface area contributed by atoms with E-state index in [-0.39, 0.29) is 155 Å². The van der Waals surface area contributed by atoms with Crippen molar-refractivity contribution in [2.24, 2.45) is 10.7 Å². The fraction of sp³-hybridized carbons (Fsp3) is 0.603. The molecule has 19 N–H and O–H groups in total. The van der Waals surface area contributed by atoms with Crippen LogP contribution in [-0.4, -0.2) is 240 Å². The van der Waals surface area contributed by atoms with Gasteiger partial charge >= 0.3 is 29.9 Å². The molecule has 112 heavy (non-hydrogen) atoms. The Morgan fingerprint density at radius 1 is 0.509 bits per heavy atom. The number of aromatic hydroxyl groups is 1. The molecular weight excluding hydrogens is 1450 g/mol. The van der Waals surface area contributed by atoms with Crippen molar-refractivity contribution in [3.63, 3.8) is 0 Å². The first kappa shape index (κ1) is 96.2. The standard InChI is InChI=1S/C78H123N15O19/c1-3-5-6-7-8-9-10-11-12-13-14-15-19-32-66(97)91-78(111,75(108)109)38-37-65(96)88-62(30-20-21-39-82-67(98)53-80-44-46-92(55-69(101)102)48-49-93(56-70(103)104)47-45-81-54-68(99)100)72(105)84-40-22-23-50-112-61-29-24-28-59(51-61)71(58-26-17-16-18-27-58)74(107)89-63(73(106)87-52-57-33-35-60(94)36-34-57)31-25-41-85-76(79)90-77(110)86-43-42-83-64(95)4-2/h16-18,24,26-29,33-36,51,62-63,71,80-81,94,111H,3-15,19-23,25,30-32,37-50,52-56H2,1-2H3,(H,82,98)(H,83,95)(H,84,105)(H,87,106)(H,88,96)(H,89,107)(H,91,97)(H,99,100)(H,101,102)(H,103,104)(H,108,109)(H4,79,85,86,90,110)/t62-,63+,71-,78?/m0/s1. The number of hydrogen-bond acceptors (Lipinski definition) is 20. The number of aliphatic imine (C=N–C) groups is 1. The number of carboxylic acid groups (broad SMARTS) is 4. The van der Waals surface area contributed by atoms with Gasteiger partial charge in [0, 0.05) is 104 Å². The molecule has 1 unspecified atom stereocenters. The van der Waals surface area contributed by atoms with Gasteiger partial charge in [-0.05, 0) is 92.3 Å². The predicted molar refractivity (Wildman–Crippen MR) is 421 cm³/mol. The van der Waals surface area contributed by atoms with E-state index >= 15 is 0 Å². The molecule has 0 fully saturated rings. The molecule has 9 amide bonds. The van der Waals surface area contributed by atoms with Gasteiger partial charge in [0.1, 0.15) is 23.6 Å². The molecule has 0 aromatic heterocycles. The topological polar surface area (TPSA) is 513 Å². The smallest absolute Gasteiger partial charge is 0.357 e. The molecule has 34 nitrogen and oxygen atoms in total. The van der Waals surface area contributed by atoms with Crippen LogP contribution < -0.4 is 69.0 Å². The summed E-state index contributed by atoms with van der Waals surface area (Å²) in [5.41, 5.74) is 5.03. The Hall–Kier alpha value is -10.0. The second-order valence-corrected chi connectivity index (χ2v) is 27.5. The van der Waals surface area contributed by atoms with Crippen LogP contribution in [0.4, 0.5) is 4.79 Å². The fourth-order valence-electron chi connectivity index (χ4n) is 11.8. The number of nitrogens with two attached hydrogens (primary N) is 1. The highest BCUT2D eigenvalue weighted by Crippen LogP contribution is 2.29. The minimum Gasteiger partial charge on any atom is -0.508 e. The van der Waals surface area contributed by atoms with Crippen molar-refractivity contribution in [1.29, 1.82) is 0 Å². The zero-order chi connectivity index (χ0) is 82.2. The molecule has 0 radical (unpaired) electrons. The lowest BCUT2D eigenvalue weighted by Gasteiger charge is -2.26. The van der Waals surface area contributed by atoms with Crippen LogP contribution in [0.2, 0.25) is 0 Å². The van der Waals surface area contributed by atoms with Crippen LogP contribution in [-0.2, 0) is 59.3 Å². The Labute approximate surface area is 656 Å². The van der Waals surface area contributed by atoms with Gasteiger partial charge in [-0.1, -0.05) is 145 Å². The zero-order valence-electron chi connectivity index (χ0n) is 65.1. The van der Waals surface area contributed by atoms with E-state index in [1.165, 1.54) is 57.1 Å². The first-order chi connectivity index (χ1) is 53.8. The number of rotatable bonds is 64. The van der Waals surface area contributed by atoms with E-state index in [4.69, 9.17) is 15.6 Å². The third-order valence-corrected chi connectivity index (χ3v) is 18.0. The van der Waals surface area contributed by atoms with Crippen molar-refractivity contribution in [1.82, 2.24) is 68.3 Å². The quantitative estimate of drug-likeness (QED) is 0.0166. The fourth-order valence-corrected chi connectivity index (χ4v) is 11.8. The summed E-state index contributed by atoms with van der Waals surface area (Å²) in [6.45, 7) is 4.80. The Balaban J connectivity index is 1.66. The third kappa shape index (κ3) is 45.3. The maximum Gasteiger partial charge on any atom is 0.357 e. The third-order valence-electron chi connectivity index (χ3n) is 18.0. The van der Waals surface area contributed by atoms with E-state index in [0.29, 0.717) is 61.0 Å². The number of phenols is 1. The zero-order valence-corrected chi connectivity index (χ0v) is 65.1. The van der Waals surface area contributed by atoms with Crippen molar-refractivity contribution in [3.8, 4) is 11.5 Å². The molecule has 3 aromatic carbocycles. The van der Waals surface area contributed by atoms with Gasteiger partial charge in [-0.25, -0.2) is 9.59 Å². The number of urea groups is 1. The second kappa shape index (κ2) is 57.9. The van der Waals surface area contributed by atoms with Gasteiger partial charge in [0.05, 0.1) is 38.7 Å². The van der Waals surface area contributed by atoms with E-state index in [1.807, 2.05) is 0 Å². The normalized spacial score (nSPS) is 12.6. The highest BCUT2D eigenvalue weighted by molar-refractivity contribution is 5.95. The summed E-state index contributed by atoms with van der Waals surface area (Å²) >= 11 is 0. The maximum atomic E-state index is 14.7. The summed E-state index contributed by atoms with van der Waals surface area (Å²) in [7, 11) is 0. The number of phenolic OH excluding ortho intramolecular Hbond substituents is 1. The summed E-state index contributed by atoms with van der Waals surface area (Å²) in [5.74, 6) is -9.34. The monoisotopic (exact) mass is 1570 g/mol. The Morgan fingerprint density at radius 2 is 1.07 bits per heavy atom. The van der Waals surface area contributed by atoms with Gasteiger partial charge in [-0.3, -0.25) is 68.1 Å². The molecule has 0 aliphatic carbocycles. The average Bonchev–Trinajstić information content (AvgIpc) is 0.815. The Kier molecular flexibility index (Phi) is 49.8. The summed E-state index contributed by atoms with van der Waals surface area (Å²) in [6, 6.07) is 19.2. The van der Waals surface area contributed by atoms with Gasteiger partial charge in [-0.2, -0.15) is 0 Å². The molecule has 0 saturated heterocycles. The predicted octanol–water partition coefficient (Wildman–Crippen LogP) is 3.48. The lowest BCUT2D eigenvalue weighted by Crippen LogP contribution is -2.55. The highest BCUT2D eigenvalue weighted by Gasteiger charge is 2.38. The van der Waals surface area contributed by atoms with Crippen molar-refractivity contribution < 1.29 is 92.9 Å². The number of nitrogens with zero attached hydrogens (tertiary/aromatic N) is 3. The van der Waals surface area contributed by atoms with Crippen LogP contribution in [0.25, 0.3) is 0 Å². The van der Waals surface area contributed by atoms with Gasteiger partial charge in [0.25, 0.3) is 0 Å². The number of unbranched alkanes of at least 4 members (excludes halogenated alkanes) is 14. The lowest BCUT2D eigenvalue weighted by atomic mass is 9.90. The van der Waals surface area contributed by atoms with Gasteiger partial charge in [0.15, 0.2) is 5.96 Å². The number of guanidine groups is 1. The minimum atomic E-state index is -2.78. The molecule has 0 aliphatic heterocycles. The van der Waals surface area contributed by atoms with Gasteiger partial charge in [-0.15, -0.1) is 0 Å². The number of aliphatic carboxylic acids is 4. The maximum absolute atomic E-state index is 14.7. The lowest BCUT2D eigenvalue weighted by molar-refractivity contribution is -0.167. The first-order valence-electron chi connectivity index (χ1n) is 39.2. The van der Waals surface area contributed by atoms with Crippen LogP contribution in [0, 0.1) is 0 Å². The van der Waals surface area contributed by atoms with Gasteiger partial charge < -0.3 is 94.3 Å². The van der Waals surface area contributed by atoms with Crippen LogP contribution in [0.15, 0.2) is 83.9 Å². The summed E-state index contributed by atoms with van der Waals surface area (Å²) in [5, 5.41) is 88.3. The summed E-state index contributed by atoms with van der Waals surface area (Å²) < 4.78 is 6.18. The molecule has 3 rings (SSSR count). The summed E-state index contributed by atoms with van der Waals surface area (Å²) in [6.07, 6.45) is 15.0. The molecule has 624 valence electrons. The number of amides is 9. The molecule has 3 aromatic rings. The number of aliphatic hydroxyl groups is 1. The molecule has 0 aliphatic rings. The number of carboxylic acids is 4. The van der Waals surface area contributed by atoms with Crippen molar-refractivity contribution in [2.75, 3.05) is 105 Å². The molecule has 34 heteroatoms. The molecular formula is C78H123N15O19. The highest BCUT2D eigenvalue weighted by atomic mass is 16.5. The largest absolute Gasteiger partial charge is 0.508 e. The van der Waals surface area contributed by atoms with Crippen LogP contribution in [0.3, 0.4) is 0 Å². The first-order valence-corrected chi connectivity index (χ1v) is 39.2. The van der Waals surface area contributed by atoms with E-state index in [9.17, 15) is 83.1 Å². The van der Waals surface area contributed by atoms with Crippen molar-refractivity contribution in [3.05, 3.63) is 95.6 Å². The number of carbonyl (C=O) groups is 12. The number of hydrogen-bond donors (Lipinski definition) is 18. The van der Waals surface area contributed by atoms with Crippen LogP contribution in [0.5, 0.6) is 11.5 Å². The molecule has 4 atom stereocenters. The number of nitrogens with one attached hydrogen (secondary N) is 11. The van der Waals surface area contributed by atoms with Crippen molar-refractivity contribution in [2.45, 2.75) is 198 Å². The van der Waals surface area contributed by atoms with E-state index in [1.54, 1.807) is 83.5 Å². The molecule has 0 bridgehead atoms. The van der Waals surface area contributed by atoms with E-state index in [2.05, 4.69) is 70.4 Å². The molecule has 0 saturated carbocycles. The van der Waals surface area contributed by atoms with Crippen LogP contribution in [0.1, 0.15) is 191 Å². The Morgan fingerprint density at radius 3 is 1.69 bits per heavy atom. The second-order valence-electron chi connectivity index (χ2n) is 27.5. The van der Waals surface area contributed by atoms with Gasteiger partial charge in [0.2, 0.25) is 47.1 Å². The molecule has 0 heterocycles. The Bertz CT molecular complexity index is 3360.